The summed E-state index contributed by atoms with van der Waals surface area (Å²) in [5.41, 5.74) is 0. The van der Waals surface area contributed by atoms with Gasteiger partial charge in [0, 0.05) is 20.8 Å². The molecule has 0 radical (unpaired) electrons. The first-order chi connectivity index (χ1) is 7.91. The molecule has 17 heavy (non-hydrogen) atoms. The molecule has 0 fully saturated rings. The lowest BCUT2D eigenvalue weighted by molar-refractivity contribution is 0.276. The van der Waals surface area contributed by atoms with Gasteiger partial charge in [0.2, 0.25) is 0 Å². The van der Waals surface area contributed by atoms with Crippen LogP contribution in [0.25, 0.3) is 0 Å². The Morgan fingerprint density at radius 2 is 1.82 bits per heavy atom. The van der Waals surface area contributed by atoms with Crippen LogP contribution in [0.15, 0.2) is 10.5 Å². The maximum Gasteiger partial charge on any atom is 0.0314 e. The molecule has 0 aliphatic heterocycles. The lowest BCUT2D eigenvalue weighted by Gasteiger charge is -2.25. The van der Waals surface area contributed by atoms with Crippen LogP contribution in [-0.2, 0) is 6.54 Å². The monoisotopic (exact) mass is 317 g/mol. The quantitative estimate of drug-likeness (QED) is 0.791. The molecule has 0 aliphatic carbocycles. The molecule has 1 aromatic rings. The molecule has 0 saturated carbocycles. The molecule has 1 nitrogen and oxygen atoms in total. The molecule has 1 aromatic heterocycles. The minimum atomic E-state index is 0.749. The lowest BCUT2D eigenvalue weighted by Crippen LogP contribution is -2.29. The van der Waals surface area contributed by atoms with E-state index in [1.54, 1.807) is 0 Å². The van der Waals surface area contributed by atoms with Crippen molar-refractivity contribution >= 4 is 27.3 Å². The second-order valence-electron chi connectivity index (χ2n) is 5.40. The number of thiophene rings is 1. The maximum atomic E-state index is 3.59. The van der Waals surface area contributed by atoms with Gasteiger partial charge >= 0.3 is 0 Å². The van der Waals surface area contributed by atoms with Gasteiger partial charge in [0.05, 0.1) is 0 Å². The van der Waals surface area contributed by atoms with Crippen molar-refractivity contribution in [3.05, 3.63) is 20.3 Å². The second-order valence-corrected chi connectivity index (χ2v) is 7.59. The first kappa shape index (κ1) is 15.2. The van der Waals surface area contributed by atoms with E-state index in [2.05, 4.69) is 61.9 Å². The average Bonchev–Trinajstić information content (AvgIpc) is 2.52. The summed E-state index contributed by atoms with van der Waals surface area (Å²) in [5.74, 6) is 2.26. The summed E-state index contributed by atoms with van der Waals surface area (Å²) < 4.78 is 1.24. The third kappa shape index (κ3) is 4.72. The van der Waals surface area contributed by atoms with Crippen LogP contribution < -0.4 is 5.32 Å². The van der Waals surface area contributed by atoms with E-state index in [1.165, 1.54) is 14.2 Å². The Hall–Kier alpha value is 0.140. The maximum absolute atomic E-state index is 3.59. The normalized spacial score (nSPS) is 12.1. The summed E-state index contributed by atoms with van der Waals surface area (Å²) in [7, 11) is 0. The van der Waals surface area contributed by atoms with Gasteiger partial charge in [0.15, 0.2) is 0 Å². The smallest absolute Gasteiger partial charge is 0.0314 e. The van der Waals surface area contributed by atoms with Crippen molar-refractivity contribution in [3.63, 3.8) is 0 Å². The molecule has 0 aromatic carbocycles. The van der Waals surface area contributed by atoms with E-state index in [0.717, 1.165) is 30.8 Å². The minimum Gasteiger partial charge on any atom is -0.312 e. The standard InChI is InChI=1S/C14H24BrNS/c1-9(2)13(10(3)4)8-16-7-12-6-14(15)11(5)17-12/h6,9-10,13,16H,7-8H2,1-5H3. The van der Waals surface area contributed by atoms with E-state index in [4.69, 9.17) is 0 Å². The fourth-order valence-electron chi connectivity index (χ4n) is 2.21. The van der Waals surface area contributed by atoms with Crippen LogP contribution >= 0.6 is 27.3 Å². The van der Waals surface area contributed by atoms with Gasteiger partial charge < -0.3 is 5.32 Å². The van der Waals surface area contributed by atoms with Gasteiger partial charge in [0.25, 0.3) is 0 Å². The summed E-state index contributed by atoms with van der Waals surface area (Å²) in [4.78, 5) is 2.78. The number of hydrogen-bond acceptors (Lipinski definition) is 2. The zero-order valence-electron chi connectivity index (χ0n) is 11.5. The molecule has 0 aliphatic rings. The Labute approximate surface area is 118 Å². The molecule has 0 atom stereocenters. The highest BCUT2D eigenvalue weighted by Crippen LogP contribution is 2.26. The molecule has 0 spiro atoms. The van der Waals surface area contributed by atoms with E-state index in [9.17, 15) is 0 Å². The lowest BCUT2D eigenvalue weighted by atomic mass is 9.85. The van der Waals surface area contributed by atoms with Gasteiger partial charge in [0.1, 0.15) is 0 Å². The molecular weight excluding hydrogens is 294 g/mol. The molecule has 1 rings (SSSR count). The van der Waals surface area contributed by atoms with Crippen molar-refractivity contribution in [2.75, 3.05) is 6.54 Å². The summed E-state index contributed by atoms with van der Waals surface area (Å²) in [6, 6.07) is 2.23. The van der Waals surface area contributed by atoms with Crippen molar-refractivity contribution in [2.24, 2.45) is 17.8 Å². The van der Waals surface area contributed by atoms with Crippen molar-refractivity contribution < 1.29 is 0 Å². The Balaban J connectivity index is 2.41. The summed E-state index contributed by atoms with van der Waals surface area (Å²) in [6.45, 7) is 13.5. The Morgan fingerprint density at radius 1 is 1.24 bits per heavy atom. The highest BCUT2D eigenvalue weighted by Gasteiger charge is 2.16. The Bertz CT molecular complexity index is 316. The molecular formula is C14H24BrNS. The van der Waals surface area contributed by atoms with E-state index >= 15 is 0 Å². The van der Waals surface area contributed by atoms with Crippen molar-refractivity contribution in [1.82, 2.24) is 5.32 Å². The summed E-state index contributed by atoms with van der Waals surface area (Å²) in [5, 5.41) is 3.59. The molecule has 1 heterocycles. The van der Waals surface area contributed by atoms with Crippen LogP contribution in [0.5, 0.6) is 0 Å². The molecule has 98 valence electrons. The SMILES string of the molecule is Cc1sc(CNCC(C(C)C)C(C)C)cc1Br. The van der Waals surface area contributed by atoms with E-state index in [1.807, 2.05) is 11.3 Å². The third-order valence-corrected chi connectivity index (χ3v) is 5.44. The van der Waals surface area contributed by atoms with Gasteiger partial charge in [-0.2, -0.15) is 0 Å². The van der Waals surface area contributed by atoms with Gasteiger partial charge in [-0.05, 0) is 53.2 Å². The number of hydrogen-bond donors (Lipinski definition) is 1. The first-order valence-electron chi connectivity index (χ1n) is 6.37. The molecule has 0 unspecified atom stereocenters. The van der Waals surface area contributed by atoms with Crippen molar-refractivity contribution in [1.29, 1.82) is 0 Å². The van der Waals surface area contributed by atoms with Crippen LogP contribution in [0.2, 0.25) is 0 Å². The number of halogens is 1. The number of aryl methyl sites for hydroxylation is 1. The largest absolute Gasteiger partial charge is 0.312 e. The van der Waals surface area contributed by atoms with Crippen LogP contribution in [0, 0.1) is 24.7 Å². The predicted molar refractivity (Wildman–Crippen MR) is 81.6 cm³/mol. The van der Waals surface area contributed by atoms with E-state index in [0.29, 0.717) is 0 Å². The second kappa shape index (κ2) is 6.91. The van der Waals surface area contributed by atoms with E-state index in [-0.39, 0.29) is 0 Å². The molecule has 3 heteroatoms. The van der Waals surface area contributed by atoms with Crippen molar-refractivity contribution in [3.8, 4) is 0 Å². The summed E-state index contributed by atoms with van der Waals surface area (Å²) in [6.07, 6.45) is 0. The Morgan fingerprint density at radius 3 is 2.24 bits per heavy atom. The zero-order valence-corrected chi connectivity index (χ0v) is 13.9. The van der Waals surface area contributed by atoms with Gasteiger partial charge in [-0.15, -0.1) is 11.3 Å². The molecule has 1 N–H and O–H groups in total. The summed E-state index contributed by atoms with van der Waals surface area (Å²) >= 11 is 5.44. The van der Waals surface area contributed by atoms with Crippen LogP contribution in [-0.4, -0.2) is 6.54 Å². The highest BCUT2D eigenvalue weighted by molar-refractivity contribution is 9.10. The van der Waals surface area contributed by atoms with Crippen molar-refractivity contribution in [2.45, 2.75) is 41.2 Å². The molecule has 0 amide bonds. The topological polar surface area (TPSA) is 12.0 Å². The minimum absolute atomic E-state index is 0.749. The number of rotatable bonds is 6. The van der Waals surface area contributed by atoms with Crippen LogP contribution in [0.4, 0.5) is 0 Å². The predicted octanol–water partition coefficient (Wildman–Crippen LogP) is 4.84. The van der Waals surface area contributed by atoms with E-state index < -0.39 is 0 Å². The van der Waals surface area contributed by atoms with Gasteiger partial charge in [-0.1, -0.05) is 27.7 Å². The average molecular weight is 318 g/mol. The fourth-order valence-corrected chi connectivity index (χ4v) is 3.78. The Kier molecular flexibility index (Phi) is 6.18. The molecule has 0 bridgehead atoms. The fraction of sp³-hybridized carbons (Fsp3) is 0.714. The van der Waals surface area contributed by atoms with Crippen LogP contribution in [0.3, 0.4) is 0 Å². The molecule has 0 saturated heterocycles. The van der Waals surface area contributed by atoms with Gasteiger partial charge in [-0.25, -0.2) is 0 Å². The zero-order chi connectivity index (χ0) is 13.0. The number of nitrogens with one attached hydrogen (secondary N) is 1. The van der Waals surface area contributed by atoms with Gasteiger partial charge in [-0.3, -0.25) is 0 Å². The van der Waals surface area contributed by atoms with Crippen LogP contribution in [0.1, 0.15) is 37.4 Å². The highest BCUT2D eigenvalue weighted by atomic mass is 79.9. The first-order valence-corrected chi connectivity index (χ1v) is 7.98. The third-order valence-electron chi connectivity index (χ3n) is 3.30.